The molecule has 10 heteroatoms. The van der Waals surface area contributed by atoms with Gasteiger partial charge in [-0.1, -0.05) is 41.4 Å². The van der Waals surface area contributed by atoms with Gasteiger partial charge in [0.2, 0.25) is 0 Å². The van der Waals surface area contributed by atoms with E-state index in [4.69, 9.17) is 42.4 Å². The fourth-order valence-electron chi connectivity index (χ4n) is 6.22. The summed E-state index contributed by atoms with van der Waals surface area (Å²) in [5, 5.41) is 10.7. The third-order valence-electron chi connectivity index (χ3n) is 8.62. The molecule has 0 spiro atoms. The van der Waals surface area contributed by atoms with Gasteiger partial charge in [-0.15, -0.1) is 0 Å². The molecule has 42 heavy (non-hydrogen) atoms. The molecule has 0 amide bonds. The number of imidazole rings is 1. The highest BCUT2D eigenvalue weighted by molar-refractivity contribution is 6.35. The van der Waals surface area contributed by atoms with Crippen LogP contribution in [-0.2, 0) is 17.8 Å². The van der Waals surface area contributed by atoms with E-state index in [0.717, 1.165) is 78.4 Å². The maximum atomic E-state index is 11.6. The van der Waals surface area contributed by atoms with Crippen molar-refractivity contribution in [2.45, 2.75) is 50.5 Å². The summed E-state index contributed by atoms with van der Waals surface area (Å²) in [7, 11) is 0. The highest BCUT2D eigenvalue weighted by atomic mass is 35.5. The minimum atomic E-state index is -0.937. The molecule has 218 valence electrons. The number of ether oxygens (including phenoxy) is 3. The fourth-order valence-corrected chi connectivity index (χ4v) is 6.75. The lowest BCUT2D eigenvalue weighted by Crippen LogP contribution is -2.35. The molecular formula is C32H31Cl2N3O5. The van der Waals surface area contributed by atoms with E-state index in [9.17, 15) is 9.90 Å². The lowest BCUT2D eigenvalue weighted by atomic mass is 9.88. The first-order valence-corrected chi connectivity index (χ1v) is 15.1. The zero-order chi connectivity index (χ0) is 28.8. The van der Waals surface area contributed by atoms with Crippen LogP contribution in [-0.4, -0.2) is 57.9 Å². The Hall–Kier alpha value is -3.30. The molecule has 2 fully saturated rings. The van der Waals surface area contributed by atoms with Crippen molar-refractivity contribution in [3.05, 3.63) is 87.2 Å². The number of hydrogen-bond acceptors (Lipinski definition) is 6. The van der Waals surface area contributed by atoms with Crippen molar-refractivity contribution in [1.29, 1.82) is 0 Å². The van der Waals surface area contributed by atoms with E-state index in [0.29, 0.717) is 35.7 Å². The molecule has 4 heterocycles. The number of hydrogen-bond donors (Lipinski definition) is 1. The molecule has 2 saturated heterocycles. The van der Waals surface area contributed by atoms with Gasteiger partial charge >= 0.3 is 5.97 Å². The van der Waals surface area contributed by atoms with Crippen LogP contribution >= 0.6 is 23.2 Å². The molecule has 7 rings (SSSR count). The van der Waals surface area contributed by atoms with Crippen molar-refractivity contribution in [2.24, 2.45) is 0 Å². The number of halogens is 2. The van der Waals surface area contributed by atoms with E-state index >= 15 is 0 Å². The molecule has 0 radical (unpaired) electrons. The zero-order valence-corrected chi connectivity index (χ0v) is 24.5. The van der Waals surface area contributed by atoms with Crippen LogP contribution in [0.1, 0.15) is 58.6 Å². The number of piperidine rings is 1. The number of para-hydroxylation sites is 1. The molecule has 2 atom stereocenters. The van der Waals surface area contributed by atoms with Gasteiger partial charge in [0.1, 0.15) is 12.4 Å². The van der Waals surface area contributed by atoms with Crippen molar-refractivity contribution in [3.8, 4) is 11.5 Å². The predicted molar refractivity (Wildman–Crippen MR) is 160 cm³/mol. The molecular weight excluding hydrogens is 577 g/mol. The standard InChI is InChI=1S/C32H31Cl2N3O5/c33-21-5-6-24(25(34)15-21)29-18-41-28-3-1-2-23(31(28)42-29)19-8-11-36(12-9-19)17-30-35-26-7-4-20(32(38)39)14-27(26)37(30)16-22-10-13-40-22/h1-7,14-15,19,22,29H,8-13,16-18H2,(H,38,39)/t22-,29?/m0/s1. The van der Waals surface area contributed by atoms with Crippen LogP contribution in [0.25, 0.3) is 11.0 Å². The summed E-state index contributed by atoms with van der Waals surface area (Å²) in [6, 6.07) is 16.7. The van der Waals surface area contributed by atoms with Gasteiger partial charge in [-0.05, 0) is 74.7 Å². The van der Waals surface area contributed by atoms with Crippen molar-refractivity contribution in [3.63, 3.8) is 0 Å². The summed E-state index contributed by atoms with van der Waals surface area (Å²) < 4.78 is 20.5. The van der Waals surface area contributed by atoms with E-state index in [2.05, 4.69) is 15.5 Å². The molecule has 3 aliphatic heterocycles. The minimum absolute atomic E-state index is 0.137. The summed E-state index contributed by atoms with van der Waals surface area (Å²) in [6.45, 7) is 4.34. The van der Waals surface area contributed by atoms with Crippen molar-refractivity contribution < 1.29 is 24.1 Å². The van der Waals surface area contributed by atoms with Gasteiger partial charge in [0.15, 0.2) is 17.6 Å². The highest BCUT2D eigenvalue weighted by Gasteiger charge is 2.31. The average Bonchev–Trinajstić information content (AvgIpc) is 3.30. The van der Waals surface area contributed by atoms with Gasteiger partial charge in [-0.2, -0.15) is 0 Å². The summed E-state index contributed by atoms with van der Waals surface area (Å²) in [6.07, 6.45) is 2.78. The zero-order valence-electron chi connectivity index (χ0n) is 23.0. The quantitative estimate of drug-likeness (QED) is 0.249. The van der Waals surface area contributed by atoms with Gasteiger partial charge in [-0.3, -0.25) is 4.90 Å². The second kappa shape index (κ2) is 11.4. The molecule has 8 nitrogen and oxygen atoms in total. The molecule has 4 aromatic rings. The number of carboxylic acid groups (broad SMARTS) is 1. The summed E-state index contributed by atoms with van der Waals surface area (Å²) in [4.78, 5) is 19.0. The highest BCUT2D eigenvalue weighted by Crippen LogP contribution is 2.45. The van der Waals surface area contributed by atoms with Crippen LogP contribution in [0, 0.1) is 0 Å². The second-order valence-corrected chi connectivity index (χ2v) is 12.1. The largest absolute Gasteiger partial charge is 0.485 e. The predicted octanol–water partition coefficient (Wildman–Crippen LogP) is 6.72. The van der Waals surface area contributed by atoms with E-state index in [1.165, 1.54) is 0 Å². The number of rotatable bonds is 7. The number of benzene rings is 3. The first-order chi connectivity index (χ1) is 20.4. The SMILES string of the molecule is O=C(O)c1ccc2nc(CN3CCC(c4cccc5c4OC(c4ccc(Cl)cc4Cl)CO5)CC3)n(C[C@@H]3CCO3)c2c1. The van der Waals surface area contributed by atoms with Crippen LogP contribution in [0.3, 0.4) is 0 Å². The van der Waals surface area contributed by atoms with Gasteiger partial charge in [0.25, 0.3) is 0 Å². The van der Waals surface area contributed by atoms with Crippen LogP contribution in [0.15, 0.2) is 54.6 Å². The molecule has 1 N–H and O–H groups in total. The van der Waals surface area contributed by atoms with Gasteiger partial charge in [0.05, 0.1) is 35.8 Å². The van der Waals surface area contributed by atoms with Crippen molar-refractivity contribution in [1.82, 2.24) is 14.5 Å². The molecule has 3 aliphatic rings. The van der Waals surface area contributed by atoms with Gasteiger partial charge in [0, 0.05) is 27.8 Å². The maximum absolute atomic E-state index is 11.6. The Morgan fingerprint density at radius 3 is 2.60 bits per heavy atom. The number of likely N-dealkylation sites (tertiary alicyclic amines) is 1. The molecule has 0 aliphatic carbocycles. The Balaban J connectivity index is 1.07. The third-order valence-corrected chi connectivity index (χ3v) is 9.18. The van der Waals surface area contributed by atoms with Crippen LogP contribution in [0.5, 0.6) is 11.5 Å². The topological polar surface area (TPSA) is 86.0 Å². The first kappa shape index (κ1) is 27.5. The Morgan fingerprint density at radius 1 is 1.02 bits per heavy atom. The smallest absolute Gasteiger partial charge is 0.335 e. The monoisotopic (exact) mass is 607 g/mol. The lowest BCUT2D eigenvalue weighted by Gasteiger charge is -2.35. The first-order valence-electron chi connectivity index (χ1n) is 14.4. The molecule has 0 bridgehead atoms. The van der Waals surface area contributed by atoms with E-state index < -0.39 is 5.97 Å². The number of carboxylic acids is 1. The molecule has 1 aromatic heterocycles. The Kier molecular flexibility index (Phi) is 7.48. The third kappa shape index (κ3) is 5.33. The van der Waals surface area contributed by atoms with Crippen molar-refractivity contribution >= 4 is 40.2 Å². The number of aromatic nitrogens is 2. The van der Waals surface area contributed by atoms with E-state index in [1.54, 1.807) is 24.3 Å². The molecule has 0 saturated carbocycles. The number of aromatic carboxylic acids is 1. The minimum Gasteiger partial charge on any atom is -0.485 e. The van der Waals surface area contributed by atoms with Crippen molar-refractivity contribution in [2.75, 3.05) is 26.3 Å². The molecule has 3 aromatic carbocycles. The fraction of sp³-hybridized carbons (Fsp3) is 0.375. The number of fused-ring (bicyclic) bond motifs is 2. The number of nitrogens with zero attached hydrogens (tertiary/aromatic N) is 3. The van der Waals surface area contributed by atoms with E-state index in [-0.39, 0.29) is 17.8 Å². The second-order valence-electron chi connectivity index (χ2n) is 11.2. The van der Waals surface area contributed by atoms with E-state index in [1.807, 2.05) is 24.3 Å². The summed E-state index contributed by atoms with van der Waals surface area (Å²) in [5.74, 6) is 1.91. The van der Waals surface area contributed by atoms with Gasteiger partial charge in [-0.25, -0.2) is 9.78 Å². The lowest BCUT2D eigenvalue weighted by molar-refractivity contribution is -0.0592. The summed E-state index contributed by atoms with van der Waals surface area (Å²) in [5.41, 5.74) is 3.95. The maximum Gasteiger partial charge on any atom is 0.335 e. The average molecular weight is 609 g/mol. The van der Waals surface area contributed by atoms with Crippen LogP contribution in [0.2, 0.25) is 10.0 Å². The van der Waals surface area contributed by atoms with Gasteiger partial charge < -0.3 is 23.9 Å². The Bertz CT molecular complexity index is 1640. The van der Waals surface area contributed by atoms with Crippen LogP contribution < -0.4 is 9.47 Å². The van der Waals surface area contributed by atoms with Crippen LogP contribution in [0.4, 0.5) is 0 Å². The summed E-state index contributed by atoms with van der Waals surface area (Å²) >= 11 is 12.6. The normalized spacial score (nSPS) is 20.9. The number of carbonyl (C=O) groups is 1. The Morgan fingerprint density at radius 2 is 1.86 bits per heavy atom. The Labute approximate surface area is 253 Å². The molecule has 1 unspecified atom stereocenters.